The molecule has 104 valence electrons. The van der Waals surface area contributed by atoms with Crippen LogP contribution in [0.3, 0.4) is 0 Å². The van der Waals surface area contributed by atoms with Gasteiger partial charge in [-0.05, 0) is 31.0 Å². The number of ether oxygens (including phenoxy) is 1. The number of hydrogen-bond acceptors (Lipinski definition) is 4. The molecule has 1 amide bonds. The molecule has 0 bridgehead atoms. The highest BCUT2D eigenvalue weighted by Crippen LogP contribution is 2.31. The average Bonchev–Trinajstić information content (AvgIpc) is 2.87. The van der Waals surface area contributed by atoms with Crippen LogP contribution in [0.1, 0.15) is 36.9 Å². The van der Waals surface area contributed by atoms with Gasteiger partial charge >= 0.3 is 5.97 Å². The molecule has 2 atom stereocenters. The van der Waals surface area contributed by atoms with Crippen molar-refractivity contribution in [1.82, 2.24) is 4.90 Å². The fourth-order valence-electron chi connectivity index (χ4n) is 2.58. The summed E-state index contributed by atoms with van der Waals surface area (Å²) in [6.45, 7) is 1.86. The zero-order valence-corrected chi connectivity index (χ0v) is 11.5. The molecular formula is C15H16N2O3. The van der Waals surface area contributed by atoms with Crippen molar-refractivity contribution < 1.29 is 14.3 Å². The second-order valence-corrected chi connectivity index (χ2v) is 4.79. The highest BCUT2D eigenvalue weighted by molar-refractivity contribution is 5.88. The number of likely N-dealkylation sites (tertiary alicyclic amines) is 1. The Morgan fingerprint density at radius 2 is 2.30 bits per heavy atom. The number of carbonyl (C=O) groups excluding carboxylic acids is 2. The van der Waals surface area contributed by atoms with Gasteiger partial charge in [-0.3, -0.25) is 4.79 Å². The minimum absolute atomic E-state index is 0.0599. The predicted octanol–water partition coefficient (Wildman–Crippen LogP) is 1.78. The molecule has 0 spiro atoms. The highest BCUT2D eigenvalue weighted by atomic mass is 16.5. The Balaban J connectivity index is 2.30. The van der Waals surface area contributed by atoms with Gasteiger partial charge in [-0.2, -0.15) is 5.26 Å². The van der Waals surface area contributed by atoms with Crippen molar-refractivity contribution in [3.8, 4) is 6.07 Å². The number of benzene rings is 1. The lowest BCUT2D eigenvalue weighted by molar-refractivity contribution is -0.150. The Labute approximate surface area is 117 Å². The van der Waals surface area contributed by atoms with Crippen molar-refractivity contribution in [1.29, 1.82) is 5.26 Å². The molecule has 5 nitrogen and oxygen atoms in total. The van der Waals surface area contributed by atoms with E-state index in [0.717, 1.165) is 5.56 Å². The van der Waals surface area contributed by atoms with Crippen molar-refractivity contribution in [3.05, 3.63) is 35.4 Å². The maximum absolute atomic E-state index is 12.0. The van der Waals surface area contributed by atoms with Crippen molar-refractivity contribution in [2.24, 2.45) is 0 Å². The average molecular weight is 272 g/mol. The SMILES string of the molecule is COC(=O)C1CCC(=O)N1C(C)c1cccc(C#N)c1. The lowest BCUT2D eigenvalue weighted by Gasteiger charge is -2.29. The monoisotopic (exact) mass is 272 g/mol. The molecule has 20 heavy (non-hydrogen) atoms. The molecule has 1 heterocycles. The number of hydrogen-bond donors (Lipinski definition) is 0. The van der Waals surface area contributed by atoms with Gasteiger partial charge in [0.1, 0.15) is 6.04 Å². The summed E-state index contributed by atoms with van der Waals surface area (Å²) in [5, 5.41) is 8.93. The van der Waals surface area contributed by atoms with E-state index in [1.165, 1.54) is 7.11 Å². The van der Waals surface area contributed by atoms with Crippen molar-refractivity contribution in [3.63, 3.8) is 0 Å². The second kappa shape index (κ2) is 5.74. The quantitative estimate of drug-likeness (QED) is 0.786. The van der Waals surface area contributed by atoms with Gasteiger partial charge in [-0.25, -0.2) is 4.79 Å². The van der Waals surface area contributed by atoms with Gasteiger partial charge in [0.2, 0.25) is 5.91 Å². The van der Waals surface area contributed by atoms with Crippen LogP contribution in [0.15, 0.2) is 24.3 Å². The zero-order chi connectivity index (χ0) is 14.7. The summed E-state index contributed by atoms with van der Waals surface area (Å²) in [4.78, 5) is 25.3. The molecule has 0 radical (unpaired) electrons. The third-order valence-corrected chi connectivity index (χ3v) is 3.64. The molecule has 2 rings (SSSR count). The number of nitrogens with zero attached hydrogens (tertiary/aromatic N) is 2. The molecule has 1 fully saturated rings. The number of amides is 1. The Hall–Kier alpha value is -2.35. The first kappa shape index (κ1) is 14.1. The predicted molar refractivity (Wildman–Crippen MR) is 71.5 cm³/mol. The minimum Gasteiger partial charge on any atom is -0.467 e. The fraction of sp³-hybridized carbons (Fsp3) is 0.400. The summed E-state index contributed by atoms with van der Waals surface area (Å²) in [5.74, 6) is -0.450. The van der Waals surface area contributed by atoms with Crippen LogP contribution in [0.2, 0.25) is 0 Å². The van der Waals surface area contributed by atoms with Gasteiger partial charge in [-0.1, -0.05) is 12.1 Å². The van der Waals surface area contributed by atoms with E-state index in [2.05, 4.69) is 6.07 Å². The molecule has 0 aliphatic carbocycles. The maximum Gasteiger partial charge on any atom is 0.328 e. The van der Waals surface area contributed by atoms with Crippen LogP contribution < -0.4 is 0 Å². The minimum atomic E-state index is -0.534. The third-order valence-electron chi connectivity index (χ3n) is 3.64. The molecule has 0 saturated carbocycles. The number of rotatable bonds is 3. The Morgan fingerprint density at radius 3 is 2.95 bits per heavy atom. The normalized spacial score (nSPS) is 19.6. The van der Waals surface area contributed by atoms with E-state index in [4.69, 9.17) is 10.00 Å². The van der Waals surface area contributed by atoms with E-state index >= 15 is 0 Å². The summed E-state index contributed by atoms with van der Waals surface area (Å²) >= 11 is 0. The zero-order valence-electron chi connectivity index (χ0n) is 11.5. The van der Waals surface area contributed by atoms with Crippen LogP contribution in [-0.2, 0) is 14.3 Å². The van der Waals surface area contributed by atoms with Gasteiger partial charge in [0.15, 0.2) is 0 Å². The van der Waals surface area contributed by atoms with Crippen LogP contribution >= 0.6 is 0 Å². The Kier molecular flexibility index (Phi) is 4.04. The van der Waals surface area contributed by atoms with Gasteiger partial charge in [0.25, 0.3) is 0 Å². The first-order valence-corrected chi connectivity index (χ1v) is 6.47. The van der Waals surface area contributed by atoms with Crippen molar-refractivity contribution >= 4 is 11.9 Å². The van der Waals surface area contributed by atoms with Crippen LogP contribution in [0, 0.1) is 11.3 Å². The summed E-state index contributed by atoms with van der Waals surface area (Å²) < 4.78 is 4.76. The lowest BCUT2D eigenvalue weighted by atomic mass is 10.0. The number of esters is 1. The Bertz CT molecular complexity index is 577. The second-order valence-electron chi connectivity index (χ2n) is 4.79. The fourth-order valence-corrected chi connectivity index (χ4v) is 2.58. The van der Waals surface area contributed by atoms with Crippen LogP contribution in [0.25, 0.3) is 0 Å². The number of nitriles is 1. The van der Waals surface area contributed by atoms with E-state index in [1.54, 1.807) is 23.1 Å². The van der Waals surface area contributed by atoms with Crippen LogP contribution in [0.4, 0.5) is 0 Å². The molecule has 0 aromatic heterocycles. The largest absolute Gasteiger partial charge is 0.467 e. The summed E-state index contributed by atoms with van der Waals surface area (Å²) in [7, 11) is 1.32. The first-order valence-electron chi connectivity index (χ1n) is 6.47. The van der Waals surface area contributed by atoms with Crippen molar-refractivity contribution in [2.45, 2.75) is 31.8 Å². The number of methoxy groups -OCH3 is 1. The maximum atomic E-state index is 12.0. The summed E-state index contributed by atoms with van der Waals surface area (Å²) in [6.07, 6.45) is 0.829. The third kappa shape index (κ3) is 2.50. The van der Waals surface area contributed by atoms with Crippen LogP contribution in [0.5, 0.6) is 0 Å². The first-order chi connectivity index (χ1) is 9.58. The molecule has 2 unspecified atom stereocenters. The molecule has 1 aromatic rings. The van der Waals surface area contributed by atoms with Gasteiger partial charge < -0.3 is 9.64 Å². The van der Waals surface area contributed by atoms with E-state index in [0.29, 0.717) is 18.4 Å². The molecule has 5 heteroatoms. The molecule has 1 aliphatic heterocycles. The number of carbonyl (C=O) groups is 2. The van der Waals surface area contributed by atoms with E-state index in [1.807, 2.05) is 13.0 Å². The molecular weight excluding hydrogens is 256 g/mol. The molecule has 1 saturated heterocycles. The molecule has 0 N–H and O–H groups in total. The van der Waals surface area contributed by atoms with E-state index in [9.17, 15) is 9.59 Å². The van der Waals surface area contributed by atoms with E-state index < -0.39 is 6.04 Å². The molecule has 1 aliphatic rings. The standard InChI is InChI=1S/C15H16N2O3/c1-10(12-5-3-4-11(8-12)9-16)17-13(15(19)20-2)6-7-14(17)18/h3-5,8,10,13H,6-7H2,1-2H3. The molecule has 1 aromatic carbocycles. The van der Waals surface area contributed by atoms with Crippen LogP contribution in [-0.4, -0.2) is 29.9 Å². The van der Waals surface area contributed by atoms with E-state index in [-0.39, 0.29) is 17.9 Å². The van der Waals surface area contributed by atoms with Gasteiger partial charge in [0, 0.05) is 6.42 Å². The Morgan fingerprint density at radius 1 is 1.55 bits per heavy atom. The topological polar surface area (TPSA) is 70.4 Å². The highest BCUT2D eigenvalue weighted by Gasteiger charge is 2.39. The smallest absolute Gasteiger partial charge is 0.328 e. The summed E-state index contributed by atoms with van der Waals surface area (Å²) in [6, 6.07) is 8.36. The van der Waals surface area contributed by atoms with Gasteiger partial charge in [-0.15, -0.1) is 0 Å². The van der Waals surface area contributed by atoms with Gasteiger partial charge in [0.05, 0.1) is 24.8 Å². The lowest BCUT2D eigenvalue weighted by Crippen LogP contribution is -2.40. The summed E-state index contributed by atoms with van der Waals surface area (Å²) in [5.41, 5.74) is 1.38. The van der Waals surface area contributed by atoms with Crippen molar-refractivity contribution in [2.75, 3.05) is 7.11 Å².